The van der Waals surface area contributed by atoms with Gasteiger partial charge in [-0.2, -0.15) is 0 Å². The van der Waals surface area contributed by atoms with E-state index in [0.29, 0.717) is 31.1 Å². The summed E-state index contributed by atoms with van der Waals surface area (Å²) in [5.41, 5.74) is -0.0927. The number of anilines is 2. The van der Waals surface area contributed by atoms with Crippen molar-refractivity contribution in [3.05, 3.63) is 22.2 Å². The fourth-order valence-electron chi connectivity index (χ4n) is 1.47. The number of nitro groups is 1. The van der Waals surface area contributed by atoms with E-state index in [9.17, 15) is 18.5 Å². The van der Waals surface area contributed by atoms with Crippen molar-refractivity contribution < 1.29 is 13.3 Å². The van der Waals surface area contributed by atoms with E-state index in [1.54, 1.807) is 0 Å². The molecule has 0 bridgehead atoms. The Morgan fingerprint density at radius 2 is 1.95 bits per heavy atom. The van der Waals surface area contributed by atoms with Crippen LogP contribution in [0.2, 0.25) is 0 Å². The van der Waals surface area contributed by atoms with Crippen molar-refractivity contribution in [3.63, 3.8) is 0 Å². The van der Waals surface area contributed by atoms with Gasteiger partial charge in [0.25, 0.3) is 5.69 Å². The molecule has 1 aromatic heterocycles. The molecule has 9 nitrogen and oxygen atoms in total. The molecule has 0 aliphatic rings. The maximum atomic E-state index is 10.8. The zero-order chi connectivity index (χ0) is 15.2. The number of aromatic nitrogens is 1. The number of sulfonamides is 1. The predicted molar refractivity (Wildman–Crippen MR) is 76.1 cm³/mol. The second-order valence-electron chi connectivity index (χ2n) is 4.03. The monoisotopic (exact) mass is 303 g/mol. The lowest BCUT2D eigenvalue weighted by atomic mass is 10.3. The van der Waals surface area contributed by atoms with Crippen LogP contribution in [0.25, 0.3) is 0 Å². The van der Waals surface area contributed by atoms with E-state index in [4.69, 9.17) is 5.14 Å². The third-order valence-electron chi connectivity index (χ3n) is 2.29. The molecule has 0 amide bonds. The lowest BCUT2D eigenvalue weighted by Gasteiger charge is -2.08. The number of rotatable bonds is 8. The first-order chi connectivity index (χ1) is 9.31. The highest BCUT2D eigenvalue weighted by Gasteiger charge is 2.11. The molecule has 4 N–H and O–H groups in total. The van der Waals surface area contributed by atoms with Crippen molar-refractivity contribution in [2.24, 2.45) is 5.14 Å². The zero-order valence-corrected chi connectivity index (χ0v) is 11.8. The van der Waals surface area contributed by atoms with Gasteiger partial charge >= 0.3 is 0 Å². The number of hydrogen-bond acceptors (Lipinski definition) is 7. The molecule has 0 unspecified atom stereocenters. The van der Waals surface area contributed by atoms with Gasteiger partial charge in [-0.05, 0) is 13.3 Å². The molecule has 0 atom stereocenters. The standard InChI is InChI=1S/C10H17N5O4S/c1-2-12-9-6-8(15(16)17)7-10(14-9)13-4-3-5-20(11,18)19/h6-7H,2-5H2,1H3,(H2,11,18,19)(H2,12,13,14). The number of nitrogens with one attached hydrogen (secondary N) is 2. The Labute approximate surface area is 116 Å². The maximum absolute atomic E-state index is 10.8. The summed E-state index contributed by atoms with van der Waals surface area (Å²) < 4.78 is 21.5. The van der Waals surface area contributed by atoms with Crippen molar-refractivity contribution in [3.8, 4) is 0 Å². The smallest absolute Gasteiger partial charge is 0.276 e. The van der Waals surface area contributed by atoms with E-state index in [2.05, 4.69) is 15.6 Å². The topological polar surface area (TPSA) is 140 Å². The second-order valence-corrected chi connectivity index (χ2v) is 5.76. The molecular formula is C10H17N5O4S. The van der Waals surface area contributed by atoms with Crippen molar-refractivity contribution >= 4 is 27.3 Å². The van der Waals surface area contributed by atoms with Gasteiger partial charge in [0.15, 0.2) is 0 Å². The van der Waals surface area contributed by atoms with E-state index < -0.39 is 14.9 Å². The summed E-state index contributed by atoms with van der Waals surface area (Å²) in [5, 5.41) is 21.4. The molecule has 0 aliphatic heterocycles. The molecule has 0 aliphatic carbocycles. The summed E-state index contributed by atoms with van der Waals surface area (Å²) in [7, 11) is -3.50. The van der Waals surface area contributed by atoms with Crippen LogP contribution in [0.15, 0.2) is 12.1 Å². The highest BCUT2D eigenvalue weighted by Crippen LogP contribution is 2.20. The van der Waals surface area contributed by atoms with Crippen LogP contribution in [-0.2, 0) is 10.0 Å². The first-order valence-electron chi connectivity index (χ1n) is 5.96. The second kappa shape index (κ2) is 7.01. The van der Waals surface area contributed by atoms with E-state index in [1.165, 1.54) is 12.1 Å². The summed E-state index contributed by atoms with van der Waals surface area (Å²) >= 11 is 0. The summed E-state index contributed by atoms with van der Waals surface area (Å²) in [6.45, 7) is 2.73. The minimum absolute atomic E-state index is 0.0927. The maximum Gasteiger partial charge on any atom is 0.276 e. The Kier molecular flexibility index (Phi) is 5.65. The van der Waals surface area contributed by atoms with Crippen molar-refractivity contribution in [1.82, 2.24) is 4.98 Å². The fraction of sp³-hybridized carbons (Fsp3) is 0.500. The molecule has 1 heterocycles. The quantitative estimate of drug-likeness (QED) is 0.361. The molecule has 0 radical (unpaired) electrons. The molecule has 0 fully saturated rings. The van der Waals surface area contributed by atoms with Gasteiger partial charge in [0.05, 0.1) is 22.8 Å². The largest absolute Gasteiger partial charge is 0.370 e. The van der Waals surface area contributed by atoms with Crippen LogP contribution in [0.4, 0.5) is 17.3 Å². The normalized spacial score (nSPS) is 11.1. The van der Waals surface area contributed by atoms with Gasteiger partial charge in [0.1, 0.15) is 11.6 Å². The van der Waals surface area contributed by atoms with Crippen molar-refractivity contribution in [1.29, 1.82) is 0 Å². The minimum Gasteiger partial charge on any atom is -0.370 e. The van der Waals surface area contributed by atoms with Gasteiger partial charge in [0, 0.05) is 13.1 Å². The molecule has 0 saturated carbocycles. The average molecular weight is 303 g/mol. The van der Waals surface area contributed by atoms with Gasteiger partial charge < -0.3 is 10.6 Å². The Morgan fingerprint density at radius 3 is 2.45 bits per heavy atom. The number of primary sulfonamides is 1. The SMILES string of the molecule is CCNc1cc([N+](=O)[O-])cc(NCCCS(N)(=O)=O)n1. The Balaban J connectivity index is 2.71. The Bertz CT molecular complexity index is 575. The summed E-state index contributed by atoms with van der Waals surface area (Å²) in [6, 6.07) is 2.62. The third-order valence-corrected chi connectivity index (χ3v) is 3.15. The summed E-state index contributed by atoms with van der Waals surface area (Å²) in [6.07, 6.45) is 0.291. The van der Waals surface area contributed by atoms with Gasteiger partial charge in [-0.3, -0.25) is 10.1 Å². The van der Waals surface area contributed by atoms with Gasteiger partial charge in [-0.15, -0.1) is 0 Å². The van der Waals surface area contributed by atoms with Crippen LogP contribution in [-0.4, -0.2) is 37.2 Å². The van der Waals surface area contributed by atoms with Crippen LogP contribution in [0, 0.1) is 10.1 Å². The first kappa shape index (κ1) is 16.1. The number of nitrogens with zero attached hydrogens (tertiary/aromatic N) is 2. The lowest BCUT2D eigenvalue weighted by Crippen LogP contribution is -2.19. The van der Waals surface area contributed by atoms with Crippen molar-refractivity contribution in [2.45, 2.75) is 13.3 Å². The average Bonchev–Trinajstić information content (AvgIpc) is 2.33. The number of pyridine rings is 1. The molecule has 10 heteroatoms. The molecule has 0 spiro atoms. The number of nitrogens with two attached hydrogens (primary N) is 1. The van der Waals surface area contributed by atoms with E-state index >= 15 is 0 Å². The van der Waals surface area contributed by atoms with Crippen LogP contribution < -0.4 is 15.8 Å². The lowest BCUT2D eigenvalue weighted by molar-refractivity contribution is -0.384. The van der Waals surface area contributed by atoms with E-state index in [-0.39, 0.29) is 11.4 Å². The van der Waals surface area contributed by atoms with Crippen LogP contribution in [0.5, 0.6) is 0 Å². The van der Waals surface area contributed by atoms with Crippen LogP contribution >= 0.6 is 0 Å². The molecule has 112 valence electrons. The highest BCUT2D eigenvalue weighted by atomic mass is 32.2. The third kappa shape index (κ3) is 5.80. The summed E-state index contributed by atoms with van der Waals surface area (Å²) in [5.74, 6) is 0.537. The van der Waals surface area contributed by atoms with Gasteiger partial charge in [-0.25, -0.2) is 18.5 Å². The number of hydrogen-bond donors (Lipinski definition) is 3. The molecule has 0 saturated heterocycles. The summed E-state index contributed by atoms with van der Waals surface area (Å²) in [4.78, 5) is 14.4. The molecule has 20 heavy (non-hydrogen) atoms. The van der Waals surface area contributed by atoms with E-state index in [0.717, 1.165) is 0 Å². The minimum atomic E-state index is -3.50. The fourth-order valence-corrected chi connectivity index (χ4v) is 2.02. The predicted octanol–water partition coefficient (Wildman–Crippen LogP) is 0.512. The van der Waals surface area contributed by atoms with Gasteiger partial charge in [0.2, 0.25) is 10.0 Å². The zero-order valence-electron chi connectivity index (χ0n) is 11.0. The Hall–Kier alpha value is -1.94. The van der Waals surface area contributed by atoms with Crippen molar-refractivity contribution in [2.75, 3.05) is 29.5 Å². The van der Waals surface area contributed by atoms with Crippen LogP contribution in [0.3, 0.4) is 0 Å². The Morgan fingerprint density at radius 1 is 1.35 bits per heavy atom. The first-order valence-corrected chi connectivity index (χ1v) is 7.68. The highest BCUT2D eigenvalue weighted by molar-refractivity contribution is 7.89. The molecule has 1 rings (SSSR count). The van der Waals surface area contributed by atoms with Crippen LogP contribution in [0.1, 0.15) is 13.3 Å². The molecule has 1 aromatic rings. The van der Waals surface area contributed by atoms with Gasteiger partial charge in [-0.1, -0.05) is 0 Å². The molecular weight excluding hydrogens is 286 g/mol. The molecule has 0 aromatic carbocycles. The van der Waals surface area contributed by atoms with E-state index in [1.807, 2.05) is 6.92 Å².